The number of carbonyl (C=O) groups excluding carboxylic acids is 2. The van der Waals surface area contributed by atoms with Crippen molar-refractivity contribution in [3.05, 3.63) is 59.1 Å². The van der Waals surface area contributed by atoms with Gasteiger partial charge in [-0.3, -0.25) is 4.79 Å². The van der Waals surface area contributed by atoms with Gasteiger partial charge in [-0.05, 0) is 49.6 Å². The highest BCUT2D eigenvalue weighted by molar-refractivity contribution is 7.18. The number of piperidine rings is 1. The molecule has 1 fully saturated rings. The number of aromatic nitrogens is 1. The van der Waals surface area contributed by atoms with Crippen molar-refractivity contribution in [2.45, 2.75) is 26.2 Å². The Bertz CT molecular complexity index is 991. The Morgan fingerprint density at radius 1 is 1.13 bits per heavy atom. The van der Waals surface area contributed by atoms with E-state index < -0.39 is 0 Å². The topological polar surface area (TPSA) is 71.5 Å². The number of hydrogen-bond acceptors (Lipinski definition) is 5. The van der Waals surface area contributed by atoms with Gasteiger partial charge in [0.15, 0.2) is 0 Å². The summed E-state index contributed by atoms with van der Waals surface area (Å²) in [6, 6.07) is 16.1. The minimum atomic E-state index is -0.292. The van der Waals surface area contributed by atoms with E-state index in [4.69, 9.17) is 4.74 Å². The predicted octanol–water partition coefficient (Wildman–Crippen LogP) is 4.69. The second-order valence-corrected chi connectivity index (χ2v) is 8.51. The number of nitrogens with one attached hydrogen (secondary N) is 1. The quantitative estimate of drug-likeness (QED) is 0.646. The van der Waals surface area contributed by atoms with Crippen LogP contribution < -0.4 is 5.32 Å². The average Bonchev–Trinajstić information content (AvgIpc) is 3.17. The van der Waals surface area contributed by atoms with Crippen LogP contribution in [0.5, 0.6) is 0 Å². The number of anilines is 1. The zero-order valence-electron chi connectivity index (χ0n) is 17.0. The van der Waals surface area contributed by atoms with E-state index >= 15 is 0 Å². The largest absolute Gasteiger partial charge is 0.450 e. The molecule has 7 heteroatoms. The van der Waals surface area contributed by atoms with Gasteiger partial charge < -0.3 is 15.0 Å². The fraction of sp³-hybridized carbons (Fsp3) is 0.348. The number of rotatable bonds is 5. The Balaban J connectivity index is 1.30. The fourth-order valence-electron chi connectivity index (χ4n) is 3.66. The van der Waals surface area contributed by atoms with Crippen molar-refractivity contribution in [3.63, 3.8) is 0 Å². The molecule has 4 rings (SSSR count). The number of amides is 2. The summed E-state index contributed by atoms with van der Waals surface area (Å²) in [6.45, 7) is 3.27. The molecule has 2 aromatic carbocycles. The van der Waals surface area contributed by atoms with Gasteiger partial charge in [0, 0.05) is 31.1 Å². The molecule has 0 atom stereocenters. The molecule has 2 amide bonds. The lowest BCUT2D eigenvalue weighted by Gasteiger charge is -2.30. The Kier molecular flexibility index (Phi) is 6.28. The van der Waals surface area contributed by atoms with Crippen molar-refractivity contribution in [2.24, 2.45) is 5.92 Å². The molecule has 1 aromatic heterocycles. The third kappa shape index (κ3) is 4.79. The standard InChI is InChI=1S/C23H25N3O3S/c1-2-29-23(28)26-13-11-17(12-14-26)22(27)24-18-9-7-16(8-10-18)15-21-25-19-5-3-4-6-20(19)30-21/h3-10,17H,2,11-15H2,1H3,(H,24,27). The first-order valence-electron chi connectivity index (χ1n) is 10.3. The molecule has 0 spiro atoms. The molecule has 1 N–H and O–H groups in total. The van der Waals surface area contributed by atoms with E-state index in [0.717, 1.165) is 28.2 Å². The van der Waals surface area contributed by atoms with Crippen molar-refractivity contribution < 1.29 is 14.3 Å². The van der Waals surface area contributed by atoms with Crippen LogP contribution in [0.15, 0.2) is 48.5 Å². The molecule has 3 aromatic rings. The molecular weight excluding hydrogens is 398 g/mol. The molecule has 30 heavy (non-hydrogen) atoms. The van der Waals surface area contributed by atoms with Crippen molar-refractivity contribution in [1.82, 2.24) is 9.88 Å². The number of ether oxygens (including phenoxy) is 1. The van der Waals surface area contributed by atoms with E-state index in [9.17, 15) is 9.59 Å². The van der Waals surface area contributed by atoms with Crippen LogP contribution in [0, 0.1) is 5.92 Å². The third-order valence-electron chi connectivity index (χ3n) is 5.31. The van der Waals surface area contributed by atoms with Gasteiger partial charge in [-0.15, -0.1) is 11.3 Å². The molecule has 1 aliphatic heterocycles. The Morgan fingerprint density at radius 2 is 1.87 bits per heavy atom. The summed E-state index contributed by atoms with van der Waals surface area (Å²) in [5.41, 5.74) is 2.99. The number of thiazole rings is 1. The van der Waals surface area contributed by atoms with Gasteiger partial charge >= 0.3 is 6.09 Å². The number of carbonyl (C=O) groups is 2. The fourth-order valence-corrected chi connectivity index (χ4v) is 4.66. The highest BCUT2D eigenvalue weighted by Crippen LogP contribution is 2.24. The summed E-state index contributed by atoms with van der Waals surface area (Å²) in [6.07, 6.45) is 1.79. The van der Waals surface area contributed by atoms with Crippen LogP contribution in [0.3, 0.4) is 0 Å². The highest BCUT2D eigenvalue weighted by atomic mass is 32.1. The first kappa shape index (κ1) is 20.3. The number of para-hydroxylation sites is 1. The first-order valence-corrected chi connectivity index (χ1v) is 11.1. The molecule has 0 radical (unpaired) electrons. The molecule has 2 heterocycles. The van der Waals surface area contributed by atoms with Crippen molar-refractivity contribution in [2.75, 3.05) is 25.0 Å². The molecule has 1 aliphatic rings. The smallest absolute Gasteiger partial charge is 0.409 e. The summed E-state index contributed by atoms with van der Waals surface area (Å²) in [7, 11) is 0. The monoisotopic (exact) mass is 423 g/mol. The third-order valence-corrected chi connectivity index (χ3v) is 6.34. The maximum absolute atomic E-state index is 12.6. The second-order valence-electron chi connectivity index (χ2n) is 7.40. The summed E-state index contributed by atoms with van der Waals surface area (Å²) in [5, 5.41) is 4.09. The van der Waals surface area contributed by atoms with Crippen LogP contribution in [-0.2, 0) is 16.0 Å². The highest BCUT2D eigenvalue weighted by Gasteiger charge is 2.27. The SMILES string of the molecule is CCOC(=O)N1CCC(C(=O)Nc2ccc(Cc3nc4ccccc4s3)cc2)CC1. The van der Waals surface area contributed by atoms with Crippen LogP contribution in [0.4, 0.5) is 10.5 Å². The zero-order chi connectivity index (χ0) is 20.9. The predicted molar refractivity (Wildman–Crippen MR) is 119 cm³/mol. The molecule has 6 nitrogen and oxygen atoms in total. The Hall–Kier alpha value is -2.93. The number of hydrogen-bond donors (Lipinski definition) is 1. The molecule has 156 valence electrons. The summed E-state index contributed by atoms with van der Waals surface area (Å²) < 4.78 is 6.23. The minimum Gasteiger partial charge on any atom is -0.450 e. The second kappa shape index (κ2) is 9.26. The van der Waals surface area contributed by atoms with Crippen LogP contribution in [0.2, 0.25) is 0 Å². The molecule has 0 aliphatic carbocycles. The van der Waals surface area contributed by atoms with Gasteiger partial charge in [-0.2, -0.15) is 0 Å². The van der Waals surface area contributed by atoms with E-state index in [0.29, 0.717) is 32.5 Å². The van der Waals surface area contributed by atoms with E-state index in [-0.39, 0.29) is 17.9 Å². The van der Waals surface area contributed by atoms with E-state index in [2.05, 4.69) is 16.4 Å². The van der Waals surface area contributed by atoms with Crippen LogP contribution in [-0.4, -0.2) is 41.6 Å². The molecule has 0 saturated carbocycles. The zero-order valence-corrected chi connectivity index (χ0v) is 17.8. The van der Waals surface area contributed by atoms with E-state index in [1.54, 1.807) is 23.2 Å². The number of nitrogens with zero attached hydrogens (tertiary/aromatic N) is 2. The van der Waals surface area contributed by atoms with Crippen molar-refractivity contribution in [3.8, 4) is 0 Å². The van der Waals surface area contributed by atoms with E-state index in [1.807, 2.05) is 42.5 Å². The molecule has 0 bridgehead atoms. The number of benzene rings is 2. The van der Waals surface area contributed by atoms with Crippen LogP contribution >= 0.6 is 11.3 Å². The summed E-state index contributed by atoms with van der Waals surface area (Å²) >= 11 is 1.71. The van der Waals surface area contributed by atoms with Gasteiger partial charge in [0.1, 0.15) is 0 Å². The Morgan fingerprint density at radius 3 is 2.57 bits per heavy atom. The summed E-state index contributed by atoms with van der Waals surface area (Å²) in [4.78, 5) is 30.7. The molecular formula is C23H25N3O3S. The molecule has 1 saturated heterocycles. The van der Waals surface area contributed by atoms with E-state index in [1.165, 1.54) is 4.70 Å². The van der Waals surface area contributed by atoms with Crippen LogP contribution in [0.25, 0.3) is 10.2 Å². The first-order chi connectivity index (χ1) is 14.6. The van der Waals surface area contributed by atoms with Gasteiger partial charge in [0.25, 0.3) is 0 Å². The lowest BCUT2D eigenvalue weighted by Crippen LogP contribution is -2.41. The van der Waals surface area contributed by atoms with Gasteiger partial charge in [-0.1, -0.05) is 24.3 Å². The maximum Gasteiger partial charge on any atom is 0.409 e. The lowest BCUT2D eigenvalue weighted by atomic mass is 9.96. The normalized spacial score (nSPS) is 14.6. The number of likely N-dealkylation sites (tertiary alicyclic amines) is 1. The van der Waals surface area contributed by atoms with Gasteiger partial charge in [-0.25, -0.2) is 9.78 Å². The van der Waals surface area contributed by atoms with Crippen molar-refractivity contribution in [1.29, 1.82) is 0 Å². The molecule has 0 unspecified atom stereocenters. The van der Waals surface area contributed by atoms with Crippen molar-refractivity contribution >= 4 is 39.2 Å². The number of fused-ring (bicyclic) bond motifs is 1. The van der Waals surface area contributed by atoms with Crippen LogP contribution in [0.1, 0.15) is 30.3 Å². The van der Waals surface area contributed by atoms with Gasteiger partial charge in [0.05, 0.1) is 21.8 Å². The minimum absolute atomic E-state index is 0.0115. The lowest BCUT2D eigenvalue weighted by molar-refractivity contribution is -0.121. The average molecular weight is 424 g/mol. The Labute approximate surface area is 179 Å². The summed E-state index contributed by atoms with van der Waals surface area (Å²) in [5.74, 6) is -0.0736. The van der Waals surface area contributed by atoms with Gasteiger partial charge in [0.2, 0.25) is 5.91 Å². The maximum atomic E-state index is 12.6.